The predicted octanol–water partition coefficient (Wildman–Crippen LogP) is 5.84. The number of rotatable bonds is 6. The first-order valence-electron chi connectivity index (χ1n) is 16.2. The summed E-state index contributed by atoms with van der Waals surface area (Å²) in [6.07, 6.45) is 3.69. The molecule has 0 radical (unpaired) electrons. The van der Waals surface area contributed by atoms with Crippen molar-refractivity contribution in [3.63, 3.8) is 0 Å². The number of pyridine rings is 1. The highest BCUT2D eigenvalue weighted by atomic mass is 16.5. The van der Waals surface area contributed by atoms with Crippen molar-refractivity contribution >= 4 is 56.1 Å². The van der Waals surface area contributed by atoms with Gasteiger partial charge in [0.05, 0.1) is 34.6 Å². The van der Waals surface area contributed by atoms with Gasteiger partial charge in [0.2, 0.25) is 5.79 Å². The Kier molecular flexibility index (Phi) is 7.09. The molecule has 0 fully saturated rings. The van der Waals surface area contributed by atoms with Gasteiger partial charge in [-0.2, -0.15) is 0 Å². The topological polar surface area (TPSA) is 71.2 Å². The van der Waals surface area contributed by atoms with Crippen molar-refractivity contribution in [2.45, 2.75) is 10.9 Å². The van der Waals surface area contributed by atoms with E-state index in [9.17, 15) is 10.2 Å². The summed E-state index contributed by atoms with van der Waals surface area (Å²) in [6.45, 7) is 0. The fraction of sp³-hybridized carbons (Fsp3) is 0.0500. The second kappa shape index (κ2) is 11.4. The Morgan fingerprint density at radius 3 is 1.71 bits per heavy atom. The van der Waals surface area contributed by atoms with E-state index in [1.54, 1.807) is 29.7 Å². The van der Waals surface area contributed by atoms with Gasteiger partial charge in [-0.05, 0) is 85.3 Å². The van der Waals surface area contributed by atoms with Crippen LogP contribution in [0.3, 0.4) is 0 Å². The lowest BCUT2D eigenvalue weighted by atomic mass is 9.38. The fourth-order valence-electron chi connectivity index (χ4n) is 6.77. The molecule has 5 nitrogen and oxygen atoms in total. The second-order valence-electron chi connectivity index (χ2n) is 13.4. The van der Waals surface area contributed by atoms with E-state index in [1.807, 2.05) is 53.2 Å². The van der Waals surface area contributed by atoms with Crippen molar-refractivity contribution in [3.8, 4) is 39.1 Å². The summed E-state index contributed by atoms with van der Waals surface area (Å²) in [5.41, 5.74) is 9.01. The summed E-state index contributed by atoms with van der Waals surface area (Å²) < 4.78 is 1.88. The van der Waals surface area contributed by atoms with Gasteiger partial charge in [-0.1, -0.05) is 108 Å². The van der Waals surface area contributed by atoms with Crippen LogP contribution in [-0.4, -0.2) is 48.3 Å². The standard InChI is InChI=1S/C40H32B3N3O2/c41-40(42,43)39(47,48)38-45-34-16-5-6-17-35(34)46(38)29-11-7-9-27(23-29)37-32-14-3-1-12-30(32)36(31-13-2-4-15-33(31)37)26-20-18-25(19-21-26)28-10-8-22-44-24-28/h1-24,47-48H,41-43H2. The average Bonchev–Trinajstić information content (AvgIpc) is 3.51. The van der Waals surface area contributed by atoms with Gasteiger partial charge in [-0.3, -0.25) is 9.55 Å². The molecule has 0 bridgehead atoms. The number of para-hydroxylation sites is 2. The maximum absolute atomic E-state index is 11.5. The molecule has 6 aromatic carbocycles. The molecule has 48 heavy (non-hydrogen) atoms. The number of hydrogen-bond donors (Lipinski definition) is 2. The SMILES string of the molecule is BC(B)(B)C(O)(O)c1nc2ccccc2n1-c1cccc(-c2c3ccccc3c(-c3ccc(-c4cccnc4)cc3)c3ccccc23)c1. The molecule has 0 saturated carbocycles. The van der Waals surface area contributed by atoms with Crippen LogP contribution in [0.2, 0.25) is 5.11 Å². The van der Waals surface area contributed by atoms with Crippen LogP contribution in [0.5, 0.6) is 0 Å². The molecule has 0 atom stereocenters. The van der Waals surface area contributed by atoms with Gasteiger partial charge in [0.25, 0.3) is 0 Å². The van der Waals surface area contributed by atoms with Crippen LogP contribution in [0.25, 0.3) is 71.6 Å². The average molecular weight is 619 g/mol. The number of fused-ring (bicyclic) bond motifs is 3. The van der Waals surface area contributed by atoms with E-state index in [1.165, 1.54) is 5.56 Å². The first-order valence-corrected chi connectivity index (χ1v) is 16.2. The molecule has 8 rings (SSSR count). The van der Waals surface area contributed by atoms with E-state index < -0.39 is 10.9 Å². The van der Waals surface area contributed by atoms with Crippen molar-refractivity contribution in [3.05, 3.63) is 152 Å². The van der Waals surface area contributed by atoms with Gasteiger partial charge < -0.3 is 10.2 Å². The van der Waals surface area contributed by atoms with Crippen LogP contribution in [0.4, 0.5) is 0 Å². The molecule has 0 unspecified atom stereocenters. The monoisotopic (exact) mass is 619 g/mol. The summed E-state index contributed by atoms with van der Waals surface area (Å²) >= 11 is 0. The molecule has 2 N–H and O–H groups in total. The zero-order valence-corrected chi connectivity index (χ0v) is 27.1. The van der Waals surface area contributed by atoms with Crippen LogP contribution in [0, 0.1) is 0 Å². The molecular weight excluding hydrogens is 587 g/mol. The third kappa shape index (κ3) is 4.84. The van der Waals surface area contributed by atoms with Gasteiger partial charge >= 0.3 is 0 Å². The Bertz CT molecular complexity index is 2410. The van der Waals surface area contributed by atoms with Crippen molar-refractivity contribution < 1.29 is 10.2 Å². The zero-order valence-electron chi connectivity index (χ0n) is 27.1. The zero-order chi connectivity index (χ0) is 33.0. The number of nitrogens with zero attached hydrogens (tertiary/aromatic N) is 3. The normalized spacial score (nSPS) is 12.2. The molecule has 8 aromatic rings. The predicted molar refractivity (Wildman–Crippen MR) is 205 cm³/mol. The van der Waals surface area contributed by atoms with Gasteiger partial charge in [-0.15, -0.1) is 0 Å². The van der Waals surface area contributed by atoms with Gasteiger partial charge in [-0.25, -0.2) is 4.98 Å². The van der Waals surface area contributed by atoms with E-state index >= 15 is 0 Å². The molecule has 0 aliphatic rings. The summed E-state index contributed by atoms with van der Waals surface area (Å²) in [7, 11) is 5.41. The van der Waals surface area contributed by atoms with Crippen molar-refractivity contribution in [2.75, 3.05) is 0 Å². The minimum atomic E-state index is -2.18. The Hall–Kier alpha value is -5.43. The van der Waals surface area contributed by atoms with Gasteiger partial charge in [0.1, 0.15) is 0 Å². The van der Waals surface area contributed by atoms with E-state index in [2.05, 4.69) is 96.0 Å². The minimum Gasteiger partial charge on any atom is -0.361 e. The number of aliphatic hydroxyl groups is 2. The van der Waals surface area contributed by atoms with Gasteiger partial charge in [0, 0.05) is 18.1 Å². The largest absolute Gasteiger partial charge is 0.361 e. The summed E-state index contributed by atoms with van der Waals surface area (Å²) in [4.78, 5) is 9.06. The van der Waals surface area contributed by atoms with Crippen LogP contribution in [0.1, 0.15) is 5.82 Å². The van der Waals surface area contributed by atoms with E-state index in [0.29, 0.717) is 5.52 Å². The van der Waals surface area contributed by atoms with Crippen LogP contribution in [-0.2, 0) is 5.79 Å². The molecule has 2 heterocycles. The number of hydrogen-bond acceptors (Lipinski definition) is 4. The van der Waals surface area contributed by atoms with Crippen molar-refractivity contribution in [1.82, 2.24) is 14.5 Å². The molecule has 0 spiro atoms. The van der Waals surface area contributed by atoms with E-state index in [4.69, 9.17) is 4.98 Å². The molecular formula is C40H32B3N3O2. The third-order valence-electron chi connectivity index (χ3n) is 9.41. The summed E-state index contributed by atoms with van der Waals surface area (Å²) in [5, 5.41) is 26.8. The lowest BCUT2D eigenvalue weighted by Crippen LogP contribution is -2.44. The number of benzene rings is 6. The first kappa shape index (κ1) is 29.9. The Morgan fingerprint density at radius 1 is 0.542 bits per heavy atom. The van der Waals surface area contributed by atoms with Crippen molar-refractivity contribution in [2.24, 2.45) is 0 Å². The number of aromatic nitrogens is 3. The fourth-order valence-corrected chi connectivity index (χ4v) is 6.77. The highest BCUT2D eigenvalue weighted by Crippen LogP contribution is 2.45. The smallest absolute Gasteiger partial charge is 0.208 e. The van der Waals surface area contributed by atoms with Crippen LogP contribution in [0.15, 0.2) is 146 Å². The number of imidazole rings is 1. The Labute approximate surface area is 281 Å². The summed E-state index contributed by atoms with van der Waals surface area (Å²) in [5.74, 6) is -2.00. The van der Waals surface area contributed by atoms with Crippen LogP contribution < -0.4 is 0 Å². The molecule has 0 saturated heterocycles. The maximum Gasteiger partial charge on any atom is 0.208 e. The third-order valence-corrected chi connectivity index (χ3v) is 9.41. The van der Waals surface area contributed by atoms with Gasteiger partial charge in [0.15, 0.2) is 5.82 Å². The Balaban J connectivity index is 1.36. The molecule has 228 valence electrons. The minimum absolute atomic E-state index is 0.188. The molecule has 0 aliphatic carbocycles. The highest BCUT2D eigenvalue weighted by Gasteiger charge is 2.44. The Morgan fingerprint density at radius 2 is 1.10 bits per heavy atom. The van der Waals surface area contributed by atoms with E-state index in [-0.39, 0.29) is 5.82 Å². The lowest BCUT2D eigenvalue weighted by Gasteiger charge is -2.35. The van der Waals surface area contributed by atoms with Crippen LogP contribution >= 0.6 is 0 Å². The van der Waals surface area contributed by atoms with E-state index in [0.717, 1.165) is 60.6 Å². The quantitative estimate of drug-likeness (QED) is 0.140. The molecule has 0 amide bonds. The lowest BCUT2D eigenvalue weighted by molar-refractivity contribution is -0.175. The van der Waals surface area contributed by atoms with Crippen molar-refractivity contribution in [1.29, 1.82) is 0 Å². The highest BCUT2D eigenvalue weighted by molar-refractivity contribution is 6.59. The summed E-state index contributed by atoms with van der Waals surface area (Å²) in [6, 6.07) is 46.0. The second-order valence-corrected chi connectivity index (χ2v) is 13.4. The maximum atomic E-state index is 11.5. The first-order chi connectivity index (χ1) is 23.2. The molecule has 0 aliphatic heterocycles. The molecule has 8 heteroatoms. The molecule has 2 aromatic heterocycles.